The summed E-state index contributed by atoms with van der Waals surface area (Å²) in [5.74, 6) is 3.82. The first-order valence-electron chi connectivity index (χ1n) is 9.66. The van der Waals surface area contributed by atoms with E-state index in [2.05, 4.69) is 22.1 Å². The summed E-state index contributed by atoms with van der Waals surface area (Å²) in [4.78, 5) is 42.3. The van der Waals surface area contributed by atoms with Crippen molar-refractivity contribution in [1.29, 1.82) is 0 Å². The van der Waals surface area contributed by atoms with Crippen molar-refractivity contribution in [3.05, 3.63) is 64.5 Å². The van der Waals surface area contributed by atoms with Crippen LogP contribution >= 0.6 is 0 Å². The number of carbonyl (C=O) groups excluding carboxylic acids is 3. The van der Waals surface area contributed by atoms with E-state index in [0.29, 0.717) is 6.54 Å². The third-order valence-electron chi connectivity index (χ3n) is 5.25. The molecular formula is C24H24N2O3. The minimum absolute atomic E-state index is 0.0741. The lowest BCUT2D eigenvalue weighted by atomic mass is 9.74. The van der Waals surface area contributed by atoms with Crippen molar-refractivity contribution in [1.82, 2.24) is 10.3 Å². The molecule has 0 spiro atoms. The Morgan fingerprint density at radius 1 is 1.17 bits per heavy atom. The number of pyridine rings is 1. The zero-order valence-corrected chi connectivity index (χ0v) is 16.9. The quantitative estimate of drug-likeness (QED) is 0.645. The largest absolute Gasteiger partial charge is 0.352 e. The van der Waals surface area contributed by atoms with E-state index in [1.54, 1.807) is 25.4 Å². The molecule has 1 N–H and O–H groups in total. The molecule has 1 heterocycles. The lowest BCUT2D eigenvalue weighted by Crippen LogP contribution is -2.40. The van der Waals surface area contributed by atoms with Gasteiger partial charge >= 0.3 is 0 Å². The highest BCUT2D eigenvalue weighted by atomic mass is 16.2. The van der Waals surface area contributed by atoms with Gasteiger partial charge in [-0.25, -0.2) is 0 Å². The molecule has 1 aromatic heterocycles. The summed E-state index contributed by atoms with van der Waals surface area (Å²) in [5.41, 5.74) is 4.27. The maximum absolute atomic E-state index is 12.9. The first-order valence-corrected chi connectivity index (χ1v) is 9.66. The number of Topliss-reactive ketones (excluding diaryl/α,β-unsaturated/α-hetero) is 2. The number of nitrogens with zero attached hydrogens (tertiary/aromatic N) is 1. The second-order valence-corrected chi connectivity index (χ2v) is 7.45. The van der Waals surface area contributed by atoms with Crippen LogP contribution in [0.15, 0.2) is 36.7 Å². The average Bonchev–Trinajstić information content (AvgIpc) is 2.68. The topological polar surface area (TPSA) is 76.1 Å². The molecule has 0 atom stereocenters. The summed E-state index contributed by atoms with van der Waals surface area (Å²) >= 11 is 0. The maximum Gasteiger partial charge on any atom is 0.224 e. The van der Waals surface area contributed by atoms with Crippen LogP contribution in [0, 0.1) is 31.6 Å². The number of aromatic nitrogens is 1. The summed E-state index contributed by atoms with van der Waals surface area (Å²) in [5, 5.41) is 2.81. The van der Waals surface area contributed by atoms with Crippen molar-refractivity contribution in [2.75, 3.05) is 0 Å². The molecule has 3 rings (SSSR count). The van der Waals surface area contributed by atoms with Gasteiger partial charge in [0.15, 0.2) is 0 Å². The maximum atomic E-state index is 12.9. The van der Waals surface area contributed by atoms with Crippen molar-refractivity contribution >= 4 is 17.5 Å². The molecule has 1 fully saturated rings. The number of hydrogen-bond acceptors (Lipinski definition) is 4. The van der Waals surface area contributed by atoms with Crippen molar-refractivity contribution < 1.29 is 14.4 Å². The number of benzene rings is 1. The van der Waals surface area contributed by atoms with Gasteiger partial charge in [0, 0.05) is 37.3 Å². The fourth-order valence-electron chi connectivity index (χ4n) is 3.96. The van der Waals surface area contributed by atoms with Gasteiger partial charge in [0.2, 0.25) is 5.91 Å². The van der Waals surface area contributed by atoms with Crippen LogP contribution < -0.4 is 5.32 Å². The normalized spacial score (nSPS) is 18.7. The number of aryl methyl sites for hydroxylation is 2. The van der Waals surface area contributed by atoms with Crippen molar-refractivity contribution in [3.8, 4) is 11.8 Å². The minimum atomic E-state index is -0.791. The predicted octanol–water partition coefficient (Wildman–Crippen LogP) is 3.02. The summed E-state index contributed by atoms with van der Waals surface area (Å²) in [6.07, 6.45) is 3.48. The molecule has 0 aliphatic heterocycles. The Labute approximate surface area is 170 Å². The lowest BCUT2D eigenvalue weighted by molar-refractivity contribution is -0.139. The van der Waals surface area contributed by atoms with Crippen molar-refractivity contribution in [2.24, 2.45) is 5.92 Å². The highest BCUT2D eigenvalue weighted by Gasteiger charge is 2.40. The van der Waals surface area contributed by atoms with E-state index in [9.17, 15) is 14.4 Å². The smallest absolute Gasteiger partial charge is 0.224 e. The number of ketones is 2. The lowest BCUT2D eigenvalue weighted by Gasteiger charge is -2.28. The van der Waals surface area contributed by atoms with Crippen LogP contribution in [0.2, 0.25) is 0 Å². The van der Waals surface area contributed by atoms with Gasteiger partial charge in [0.05, 0.1) is 5.92 Å². The van der Waals surface area contributed by atoms with Gasteiger partial charge in [-0.15, -0.1) is 5.92 Å². The van der Waals surface area contributed by atoms with Gasteiger partial charge in [-0.2, -0.15) is 0 Å². The Hall–Kier alpha value is -3.26. The van der Waals surface area contributed by atoms with E-state index in [1.807, 2.05) is 32.0 Å². The zero-order valence-electron chi connectivity index (χ0n) is 16.9. The van der Waals surface area contributed by atoms with Gasteiger partial charge in [0.25, 0.3) is 0 Å². The Kier molecular flexibility index (Phi) is 6.23. The van der Waals surface area contributed by atoms with E-state index < -0.39 is 11.8 Å². The average molecular weight is 388 g/mol. The summed E-state index contributed by atoms with van der Waals surface area (Å²) in [6.45, 7) is 5.90. The van der Waals surface area contributed by atoms with Crippen LogP contribution in [-0.2, 0) is 20.9 Å². The third kappa shape index (κ3) is 4.60. The SMILES string of the molecule is CC#Cc1cc(C)c(C2C(=O)CC(C(=O)NCc3cccnc3)CC2=O)c(C)c1. The van der Waals surface area contributed by atoms with Crippen LogP contribution in [0.25, 0.3) is 0 Å². The summed E-state index contributed by atoms with van der Waals surface area (Å²) in [7, 11) is 0. The molecule has 0 saturated heterocycles. The zero-order chi connectivity index (χ0) is 21.0. The summed E-state index contributed by atoms with van der Waals surface area (Å²) in [6, 6.07) is 7.47. The standard InChI is InChI=1S/C24H24N2O3/c1-4-6-17-9-15(2)22(16(3)10-17)23-20(27)11-19(12-21(23)28)24(29)26-14-18-7-5-8-25-13-18/h5,7-10,13,19,23H,11-12,14H2,1-3H3,(H,26,29). The van der Waals surface area contributed by atoms with Crippen molar-refractivity contribution in [3.63, 3.8) is 0 Å². The highest BCUT2D eigenvalue weighted by molar-refractivity contribution is 6.12. The molecule has 0 bridgehead atoms. The molecule has 1 aromatic carbocycles. The van der Waals surface area contributed by atoms with E-state index in [-0.39, 0.29) is 30.3 Å². The van der Waals surface area contributed by atoms with E-state index in [1.165, 1.54) is 0 Å². The van der Waals surface area contributed by atoms with Crippen LogP contribution in [0.1, 0.15) is 53.5 Å². The molecule has 0 radical (unpaired) electrons. The predicted molar refractivity (Wildman–Crippen MR) is 110 cm³/mol. The third-order valence-corrected chi connectivity index (χ3v) is 5.25. The Bertz CT molecular complexity index is 974. The van der Waals surface area contributed by atoms with Gasteiger partial charge < -0.3 is 5.32 Å². The fraction of sp³-hybridized carbons (Fsp3) is 0.333. The first-order chi connectivity index (χ1) is 13.9. The molecule has 2 aromatic rings. The Morgan fingerprint density at radius 2 is 1.83 bits per heavy atom. The van der Waals surface area contributed by atoms with E-state index in [4.69, 9.17) is 0 Å². The van der Waals surface area contributed by atoms with E-state index >= 15 is 0 Å². The summed E-state index contributed by atoms with van der Waals surface area (Å²) < 4.78 is 0. The molecule has 1 aliphatic carbocycles. The molecule has 5 heteroatoms. The molecule has 1 amide bonds. The molecule has 29 heavy (non-hydrogen) atoms. The second-order valence-electron chi connectivity index (χ2n) is 7.45. The van der Waals surface area contributed by atoms with Crippen LogP contribution in [0.5, 0.6) is 0 Å². The van der Waals surface area contributed by atoms with Crippen LogP contribution in [-0.4, -0.2) is 22.5 Å². The molecule has 0 unspecified atom stereocenters. The fourth-order valence-corrected chi connectivity index (χ4v) is 3.96. The monoisotopic (exact) mass is 388 g/mol. The number of nitrogens with one attached hydrogen (secondary N) is 1. The molecule has 5 nitrogen and oxygen atoms in total. The second kappa shape index (κ2) is 8.83. The number of hydrogen-bond donors (Lipinski definition) is 1. The molecule has 1 aliphatic rings. The van der Waals surface area contributed by atoms with Gasteiger partial charge in [-0.3, -0.25) is 19.4 Å². The Balaban J connectivity index is 1.73. The van der Waals surface area contributed by atoms with Gasteiger partial charge in [0.1, 0.15) is 17.5 Å². The number of rotatable bonds is 4. The Morgan fingerprint density at radius 3 is 2.38 bits per heavy atom. The van der Waals surface area contributed by atoms with Crippen LogP contribution in [0.3, 0.4) is 0 Å². The number of amides is 1. The highest BCUT2D eigenvalue weighted by Crippen LogP contribution is 2.34. The number of carbonyl (C=O) groups is 3. The molecular weight excluding hydrogens is 364 g/mol. The minimum Gasteiger partial charge on any atom is -0.352 e. The molecule has 148 valence electrons. The van der Waals surface area contributed by atoms with E-state index in [0.717, 1.165) is 27.8 Å². The molecule has 1 saturated carbocycles. The van der Waals surface area contributed by atoms with Gasteiger partial charge in [-0.1, -0.05) is 12.0 Å². The first kappa shape index (κ1) is 20.5. The van der Waals surface area contributed by atoms with Crippen molar-refractivity contribution in [2.45, 2.75) is 46.1 Å². The van der Waals surface area contributed by atoms with Crippen LogP contribution in [0.4, 0.5) is 0 Å². The van der Waals surface area contributed by atoms with Gasteiger partial charge in [-0.05, 0) is 61.2 Å².